The molecule has 6 heteroatoms. The number of hydrogen-bond donors (Lipinski definition) is 4. The summed E-state index contributed by atoms with van der Waals surface area (Å²) in [6.07, 6.45) is 4.81. The van der Waals surface area contributed by atoms with E-state index in [1.807, 2.05) is 27.7 Å². The van der Waals surface area contributed by atoms with E-state index in [1.165, 1.54) is 0 Å². The Labute approximate surface area is 189 Å². The normalized spacial score (nSPS) is 14.4. The molecule has 0 heterocycles. The molecule has 0 rings (SSSR count). The first-order valence-electron chi connectivity index (χ1n) is 12.8. The van der Waals surface area contributed by atoms with Gasteiger partial charge in [-0.25, -0.2) is 0 Å². The van der Waals surface area contributed by atoms with Gasteiger partial charge in [0.1, 0.15) is 14.4 Å². The fraction of sp³-hybridized carbons (Fsp3) is 0.917. The Kier molecular flexibility index (Phi) is 17.2. The Morgan fingerprint density at radius 3 is 1.23 bits per heavy atom. The summed E-state index contributed by atoms with van der Waals surface area (Å²) in [5.74, 6) is 0.923. The Morgan fingerprint density at radius 1 is 0.667 bits per heavy atom. The van der Waals surface area contributed by atoms with Crippen molar-refractivity contribution in [2.75, 3.05) is 13.1 Å². The van der Waals surface area contributed by atoms with Crippen LogP contribution in [0.5, 0.6) is 0 Å². The SMILES string of the molecule is [2H]NCC[C@@H](CCC(=O)C(C)C)NC(C)C.[2H]NCC[C@H](CCC(=O)C(C)C)NC(C)C. The molecule has 0 aliphatic carbocycles. The van der Waals surface area contributed by atoms with E-state index in [4.69, 9.17) is 2.82 Å². The minimum absolute atomic E-state index is 0.133. The van der Waals surface area contributed by atoms with Gasteiger partial charge in [-0.05, 0) is 38.8 Å². The average Bonchev–Trinajstić information content (AvgIpc) is 2.70. The molecule has 2 atom stereocenters. The lowest BCUT2D eigenvalue weighted by molar-refractivity contribution is -0.122. The highest BCUT2D eigenvalue weighted by Crippen LogP contribution is 2.08. The van der Waals surface area contributed by atoms with E-state index in [-0.39, 0.29) is 11.8 Å². The zero-order chi connectivity index (χ0) is 25.1. The fourth-order valence-electron chi connectivity index (χ4n) is 3.12. The second-order valence-electron chi connectivity index (χ2n) is 9.43. The van der Waals surface area contributed by atoms with Crippen molar-refractivity contribution in [2.45, 2.75) is 118 Å². The summed E-state index contributed by atoms with van der Waals surface area (Å²) in [6.45, 7) is 17.5. The Balaban J connectivity index is 0. The van der Waals surface area contributed by atoms with Crippen LogP contribution in [0.2, 0.25) is 2.82 Å². The highest BCUT2D eigenvalue weighted by molar-refractivity contribution is 5.80. The molecule has 0 saturated carbocycles. The number of carbonyl (C=O) groups excluding carboxylic acids is 2. The molecule has 0 fully saturated rings. The third-order valence-electron chi connectivity index (χ3n) is 4.89. The van der Waals surface area contributed by atoms with Gasteiger partial charge in [-0.1, -0.05) is 55.4 Å². The monoisotopic (exact) mass is 430 g/mol. The molecule has 0 aromatic rings. The average molecular weight is 431 g/mol. The van der Waals surface area contributed by atoms with Crippen molar-refractivity contribution >= 4 is 11.6 Å². The van der Waals surface area contributed by atoms with Crippen LogP contribution >= 0.6 is 0 Å². The van der Waals surface area contributed by atoms with Crippen molar-refractivity contribution in [3.63, 3.8) is 0 Å². The van der Waals surface area contributed by atoms with Crippen LogP contribution < -0.4 is 22.1 Å². The van der Waals surface area contributed by atoms with Crippen molar-refractivity contribution in [3.05, 3.63) is 0 Å². The lowest BCUT2D eigenvalue weighted by Crippen LogP contribution is -2.36. The predicted molar refractivity (Wildman–Crippen MR) is 130 cm³/mol. The second-order valence-corrected chi connectivity index (χ2v) is 9.43. The third-order valence-corrected chi connectivity index (χ3v) is 4.89. The predicted octanol–water partition coefficient (Wildman–Crippen LogP) is 3.41. The number of nitrogens with one attached hydrogen (secondary N) is 2. The van der Waals surface area contributed by atoms with Gasteiger partial charge in [-0.15, -0.1) is 0 Å². The zero-order valence-electron chi connectivity index (χ0n) is 22.9. The van der Waals surface area contributed by atoms with Crippen LogP contribution in [0.25, 0.3) is 0 Å². The zero-order valence-corrected chi connectivity index (χ0v) is 20.9. The number of carbonyl (C=O) groups is 2. The third kappa shape index (κ3) is 19.2. The van der Waals surface area contributed by atoms with Crippen LogP contribution in [0.1, 0.15) is 93.9 Å². The van der Waals surface area contributed by atoms with Gasteiger partial charge in [0.2, 0.25) is 0 Å². The molecule has 0 aliphatic rings. The van der Waals surface area contributed by atoms with E-state index in [0.717, 1.165) is 25.7 Å². The number of rotatable bonds is 18. The van der Waals surface area contributed by atoms with E-state index in [1.54, 1.807) is 0 Å². The fourth-order valence-corrected chi connectivity index (χ4v) is 3.12. The summed E-state index contributed by atoms with van der Waals surface area (Å²) < 4.78 is 13.8. The molecular formula is C24H52N4O2. The van der Waals surface area contributed by atoms with Gasteiger partial charge >= 0.3 is 0 Å². The van der Waals surface area contributed by atoms with Gasteiger partial charge in [0.05, 0.1) is 0 Å². The largest absolute Gasteiger partial charge is 0.330 e. The van der Waals surface area contributed by atoms with Crippen molar-refractivity contribution in [3.8, 4) is 0 Å². The molecule has 0 spiro atoms. The first-order valence-corrected chi connectivity index (χ1v) is 11.8. The van der Waals surface area contributed by atoms with Crippen LogP contribution in [0.15, 0.2) is 0 Å². The molecular weight excluding hydrogens is 376 g/mol. The molecule has 0 radical (unpaired) electrons. The van der Waals surface area contributed by atoms with Gasteiger partial charge < -0.3 is 22.1 Å². The van der Waals surface area contributed by atoms with Crippen LogP contribution in [0.3, 0.4) is 0 Å². The second kappa shape index (κ2) is 18.9. The molecule has 0 saturated heterocycles. The summed E-state index contributed by atoms with van der Waals surface area (Å²) >= 11 is 0. The lowest BCUT2D eigenvalue weighted by Gasteiger charge is -2.20. The molecule has 30 heavy (non-hydrogen) atoms. The van der Waals surface area contributed by atoms with Crippen LogP contribution in [-0.2, 0) is 9.59 Å². The van der Waals surface area contributed by atoms with Gasteiger partial charge in [0.25, 0.3) is 0 Å². The van der Waals surface area contributed by atoms with Gasteiger partial charge in [0.15, 0.2) is 0 Å². The topological polar surface area (TPSA) is 110 Å². The molecule has 180 valence electrons. The summed E-state index contributed by atoms with van der Waals surface area (Å²) in [6, 6.07) is 1.51. The van der Waals surface area contributed by atoms with E-state index < -0.39 is 0 Å². The first kappa shape index (κ1) is 27.2. The van der Waals surface area contributed by atoms with E-state index >= 15 is 0 Å². The quantitative estimate of drug-likeness (QED) is 0.265. The number of hydrogen-bond acceptors (Lipinski definition) is 6. The van der Waals surface area contributed by atoms with Crippen molar-refractivity contribution < 1.29 is 12.4 Å². The molecule has 6 nitrogen and oxygen atoms in total. The summed E-state index contributed by atoms with van der Waals surface area (Å²) in [4.78, 5) is 23.1. The maximum atomic E-state index is 11.5. The number of nitrogens with two attached hydrogens (primary N) is 2. The number of Topliss-reactive ketones (excluding diaryl/α,β-unsaturated/α-hetero) is 2. The standard InChI is InChI=1S/2C12H26N2O/c2*1-9(2)12(15)6-5-11(7-8-13)14-10(3)4/h2*9-11,14H,5-8,13H2,1-4H3/t2*11-/m10/s1/i/hD2. The molecule has 0 amide bonds. The van der Waals surface area contributed by atoms with Gasteiger partial charge in [-0.3, -0.25) is 9.59 Å². The summed E-state index contributed by atoms with van der Waals surface area (Å²) in [7, 11) is 0. The van der Waals surface area contributed by atoms with E-state index in [2.05, 4.69) is 49.8 Å². The molecule has 6 N–H and O–H groups in total. The van der Waals surface area contributed by atoms with Crippen molar-refractivity contribution in [1.82, 2.24) is 10.6 Å². The van der Waals surface area contributed by atoms with E-state index in [0.29, 0.717) is 61.7 Å². The Morgan fingerprint density at radius 2 is 1.00 bits per heavy atom. The summed E-state index contributed by atoms with van der Waals surface area (Å²) in [5, 5.41) is 6.87. The first-order chi connectivity index (χ1) is 14.9. The van der Waals surface area contributed by atoms with Gasteiger partial charge in [0, 0.05) is 48.8 Å². The van der Waals surface area contributed by atoms with Crippen molar-refractivity contribution in [2.24, 2.45) is 23.3 Å². The Hall–Kier alpha value is -0.820. The Bertz CT molecular complexity index is 433. The molecule has 0 aromatic carbocycles. The molecule has 0 bridgehead atoms. The molecule has 0 aliphatic heterocycles. The minimum Gasteiger partial charge on any atom is -0.330 e. The van der Waals surface area contributed by atoms with Gasteiger partial charge in [-0.2, -0.15) is 0 Å². The number of ketones is 2. The van der Waals surface area contributed by atoms with Crippen LogP contribution in [-0.4, -0.2) is 48.8 Å². The maximum Gasteiger partial charge on any atom is 0.135 e. The maximum absolute atomic E-state index is 11.5. The lowest BCUT2D eigenvalue weighted by atomic mass is 9.99. The van der Waals surface area contributed by atoms with Crippen LogP contribution in [0, 0.1) is 11.8 Å². The highest BCUT2D eigenvalue weighted by atomic mass is 16.1. The van der Waals surface area contributed by atoms with Crippen molar-refractivity contribution in [1.29, 1.82) is 0 Å². The van der Waals surface area contributed by atoms with Crippen LogP contribution in [0.4, 0.5) is 0 Å². The molecule has 0 aromatic heterocycles. The smallest absolute Gasteiger partial charge is 0.135 e. The van der Waals surface area contributed by atoms with E-state index in [9.17, 15) is 9.59 Å². The minimum atomic E-state index is 0.133. The summed E-state index contributed by atoms with van der Waals surface area (Å²) in [5.41, 5.74) is 4.81. The highest BCUT2D eigenvalue weighted by Gasteiger charge is 2.14. The molecule has 0 unspecified atom stereocenters.